The summed E-state index contributed by atoms with van der Waals surface area (Å²) in [6, 6.07) is 15.0. The second kappa shape index (κ2) is 15.0. The van der Waals surface area contributed by atoms with E-state index < -0.39 is 12.7 Å². The molecule has 4 N–H and O–H groups in total. The summed E-state index contributed by atoms with van der Waals surface area (Å²) in [5, 5.41) is 32.2. The van der Waals surface area contributed by atoms with Crippen molar-refractivity contribution in [3.63, 3.8) is 0 Å². The van der Waals surface area contributed by atoms with Crippen LogP contribution in [0.3, 0.4) is 0 Å². The van der Waals surface area contributed by atoms with E-state index >= 15 is 0 Å². The molecule has 30 heavy (non-hydrogen) atoms. The Morgan fingerprint density at radius 1 is 0.967 bits per heavy atom. The zero-order chi connectivity index (χ0) is 23.2. The third-order valence-corrected chi connectivity index (χ3v) is 5.04. The van der Waals surface area contributed by atoms with E-state index in [1.807, 2.05) is 18.2 Å². The van der Waals surface area contributed by atoms with Crippen molar-refractivity contribution in [3.05, 3.63) is 65.2 Å². The van der Waals surface area contributed by atoms with E-state index in [0.717, 1.165) is 45.1 Å². The molecule has 1 atom stereocenters. The Hall–Kier alpha value is -1.92. The number of aliphatic hydroxyl groups is 2. The molecule has 5 heteroatoms. The summed E-state index contributed by atoms with van der Waals surface area (Å²) in [7, 11) is 0. The number of hydrogen-bond donors (Lipinski definition) is 4. The Bertz CT molecular complexity index is 774. The molecule has 2 rings (SSSR count). The van der Waals surface area contributed by atoms with Crippen LogP contribution in [0.1, 0.15) is 64.1 Å². The highest BCUT2D eigenvalue weighted by Crippen LogP contribution is 2.22. The first-order valence-corrected chi connectivity index (χ1v) is 10.9. The molecule has 0 amide bonds. The average Bonchev–Trinajstić information content (AvgIpc) is 2.79. The Morgan fingerprint density at radius 2 is 1.77 bits per heavy atom. The summed E-state index contributed by atoms with van der Waals surface area (Å²) in [6.07, 6.45) is 5.01. The van der Waals surface area contributed by atoms with Crippen molar-refractivity contribution in [2.45, 2.75) is 57.7 Å². The standard InChI is InChI=1S/C25H37NO4/c27-20-23-18-22(13-14-24(23)28)25(29)19-26-15-7-1-2-8-16-30-17-9-6-12-21-10-4-3-5-11-21/h3-5,10-11,13-14,18,25-29H,1-2,6-9,12,15-17,19-20H2/i16D2. The van der Waals surface area contributed by atoms with E-state index in [-0.39, 0.29) is 12.4 Å². The van der Waals surface area contributed by atoms with E-state index in [1.165, 1.54) is 11.6 Å². The van der Waals surface area contributed by atoms with Gasteiger partial charge in [-0.2, -0.15) is 0 Å². The van der Waals surface area contributed by atoms with Crippen LogP contribution in [0.2, 0.25) is 0 Å². The van der Waals surface area contributed by atoms with Crippen molar-refractivity contribution >= 4 is 0 Å². The van der Waals surface area contributed by atoms with Gasteiger partial charge in [-0.3, -0.25) is 0 Å². The van der Waals surface area contributed by atoms with Gasteiger partial charge in [0.15, 0.2) is 0 Å². The maximum Gasteiger partial charge on any atom is 0.121 e. The molecular formula is C25H37NO4. The Balaban J connectivity index is 1.49. The van der Waals surface area contributed by atoms with Crippen molar-refractivity contribution in [3.8, 4) is 5.75 Å². The zero-order valence-electron chi connectivity index (χ0n) is 19.7. The van der Waals surface area contributed by atoms with Gasteiger partial charge in [0, 0.05) is 25.3 Å². The van der Waals surface area contributed by atoms with Gasteiger partial charge in [-0.15, -0.1) is 0 Å². The van der Waals surface area contributed by atoms with Crippen molar-refractivity contribution < 1.29 is 22.8 Å². The second-order valence-electron chi connectivity index (χ2n) is 7.51. The number of aryl methyl sites for hydroxylation is 1. The average molecular weight is 418 g/mol. The minimum absolute atomic E-state index is 0.0208. The normalized spacial score (nSPS) is 13.7. The van der Waals surface area contributed by atoms with Crippen molar-refractivity contribution in [2.75, 3.05) is 26.3 Å². The fraction of sp³-hybridized carbons (Fsp3) is 0.520. The molecule has 0 aliphatic rings. The fourth-order valence-electron chi connectivity index (χ4n) is 3.21. The van der Waals surface area contributed by atoms with Crippen LogP contribution >= 0.6 is 0 Å². The summed E-state index contributed by atoms with van der Waals surface area (Å²) in [5.41, 5.74) is 2.34. The lowest BCUT2D eigenvalue weighted by Crippen LogP contribution is -2.22. The SMILES string of the molecule is [2H]C([2H])(CCCCCNCC(O)c1ccc(O)c(CO)c1)OCCCCc1ccccc1. The van der Waals surface area contributed by atoms with Gasteiger partial charge in [-0.05, 0) is 61.9 Å². The van der Waals surface area contributed by atoms with Gasteiger partial charge in [-0.1, -0.05) is 49.2 Å². The number of aliphatic hydroxyl groups excluding tert-OH is 2. The van der Waals surface area contributed by atoms with E-state index in [4.69, 9.17) is 7.48 Å². The molecular weight excluding hydrogens is 378 g/mol. The smallest absolute Gasteiger partial charge is 0.121 e. The van der Waals surface area contributed by atoms with Crippen molar-refractivity contribution in [1.29, 1.82) is 0 Å². The monoisotopic (exact) mass is 417 g/mol. The summed E-state index contributed by atoms with van der Waals surface area (Å²) >= 11 is 0. The molecule has 0 aliphatic carbocycles. The van der Waals surface area contributed by atoms with Gasteiger partial charge < -0.3 is 25.4 Å². The third kappa shape index (κ3) is 9.72. The highest BCUT2D eigenvalue weighted by atomic mass is 16.5. The highest BCUT2D eigenvalue weighted by Gasteiger charge is 2.09. The molecule has 5 nitrogen and oxygen atoms in total. The van der Waals surface area contributed by atoms with E-state index in [1.54, 1.807) is 12.1 Å². The second-order valence-corrected chi connectivity index (χ2v) is 7.51. The molecule has 2 aromatic rings. The molecule has 0 saturated heterocycles. The predicted octanol–water partition coefficient (Wildman–Crippen LogP) is 4.11. The van der Waals surface area contributed by atoms with Crippen molar-refractivity contribution in [1.82, 2.24) is 5.32 Å². The summed E-state index contributed by atoms with van der Waals surface area (Å²) in [5.74, 6) is 0.0208. The topological polar surface area (TPSA) is 82.0 Å². The Morgan fingerprint density at radius 3 is 2.57 bits per heavy atom. The van der Waals surface area contributed by atoms with E-state index in [9.17, 15) is 15.3 Å². The number of hydrogen-bond acceptors (Lipinski definition) is 5. The molecule has 0 aliphatic heterocycles. The molecule has 166 valence electrons. The van der Waals surface area contributed by atoms with Gasteiger partial charge in [0.25, 0.3) is 0 Å². The first-order chi connectivity index (χ1) is 15.4. The summed E-state index contributed by atoms with van der Waals surface area (Å²) in [6.45, 7) is -0.313. The zero-order valence-corrected chi connectivity index (χ0v) is 17.7. The lowest BCUT2D eigenvalue weighted by atomic mass is 10.1. The minimum atomic E-state index is -1.58. The van der Waals surface area contributed by atoms with Crippen LogP contribution in [0.25, 0.3) is 0 Å². The van der Waals surface area contributed by atoms with E-state index in [0.29, 0.717) is 30.7 Å². The van der Waals surface area contributed by atoms with Gasteiger partial charge in [0.05, 0.1) is 15.5 Å². The van der Waals surface area contributed by atoms with E-state index in [2.05, 4.69) is 17.4 Å². The first kappa shape index (κ1) is 21.3. The van der Waals surface area contributed by atoms with Crippen LogP contribution in [-0.4, -0.2) is 41.6 Å². The van der Waals surface area contributed by atoms with Gasteiger partial charge in [0.2, 0.25) is 0 Å². The van der Waals surface area contributed by atoms with Crippen LogP contribution in [-0.2, 0) is 17.8 Å². The summed E-state index contributed by atoms with van der Waals surface area (Å²) < 4.78 is 21.5. The number of unbranched alkanes of at least 4 members (excludes halogenated alkanes) is 3. The fourth-order valence-corrected chi connectivity index (χ4v) is 3.21. The molecule has 0 heterocycles. The number of nitrogens with one attached hydrogen (secondary N) is 1. The molecule has 0 radical (unpaired) electrons. The number of ether oxygens (including phenoxy) is 1. The predicted molar refractivity (Wildman–Crippen MR) is 121 cm³/mol. The number of phenols is 1. The maximum absolute atomic E-state index is 10.2. The maximum atomic E-state index is 10.2. The molecule has 0 bridgehead atoms. The number of aromatic hydroxyl groups is 1. The lowest BCUT2D eigenvalue weighted by Gasteiger charge is -2.14. The summed E-state index contributed by atoms with van der Waals surface area (Å²) in [4.78, 5) is 0. The minimum Gasteiger partial charge on any atom is -0.508 e. The lowest BCUT2D eigenvalue weighted by molar-refractivity contribution is 0.126. The van der Waals surface area contributed by atoms with Crippen LogP contribution in [0.15, 0.2) is 48.5 Å². The largest absolute Gasteiger partial charge is 0.508 e. The molecule has 2 aromatic carbocycles. The number of benzene rings is 2. The molecule has 1 unspecified atom stereocenters. The molecule has 0 spiro atoms. The highest BCUT2D eigenvalue weighted by molar-refractivity contribution is 5.36. The Labute approximate surface area is 183 Å². The Kier molecular flexibility index (Phi) is 10.6. The molecule has 0 aromatic heterocycles. The quantitative estimate of drug-likeness (QED) is 0.309. The van der Waals surface area contributed by atoms with Crippen LogP contribution in [0, 0.1) is 0 Å². The van der Waals surface area contributed by atoms with Gasteiger partial charge >= 0.3 is 0 Å². The number of rotatable bonds is 16. The van der Waals surface area contributed by atoms with Crippen molar-refractivity contribution in [2.24, 2.45) is 0 Å². The third-order valence-electron chi connectivity index (χ3n) is 5.04. The van der Waals surface area contributed by atoms with Gasteiger partial charge in [-0.25, -0.2) is 0 Å². The first-order valence-electron chi connectivity index (χ1n) is 11.9. The molecule has 0 saturated carbocycles. The van der Waals surface area contributed by atoms with Gasteiger partial charge in [0.1, 0.15) is 5.75 Å². The van der Waals surface area contributed by atoms with Crippen LogP contribution in [0.4, 0.5) is 0 Å². The van der Waals surface area contributed by atoms with Crippen LogP contribution < -0.4 is 5.32 Å². The van der Waals surface area contributed by atoms with Crippen LogP contribution in [0.5, 0.6) is 5.75 Å². The molecule has 0 fully saturated rings.